The molecule has 0 aliphatic carbocycles. The van der Waals surface area contributed by atoms with Gasteiger partial charge in [0, 0.05) is 23.6 Å². The minimum Gasteiger partial charge on any atom is -0.330 e. The number of likely N-dealkylation sites (N-methyl/N-ethyl adjacent to an activating group) is 1. The van der Waals surface area contributed by atoms with Gasteiger partial charge in [0.2, 0.25) is 5.91 Å². The van der Waals surface area contributed by atoms with Crippen LogP contribution in [-0.4, -0.2) is 39.6 Å². The van der Waals surface area contributed by atoms with Gasteiger partial charge in [0.1, 0.15) is 12.4 Å². The van der Waals surface area contributed by atoms with Crippen LogP contribution in [0.25, 0.3) is 0 Å². The molecular formula is C22H32N4O2. The van der Waals surface area contributed by atoms with E-state index in [0.717, 1.165) is 5.69 Å². The van der Waals surface area contributed by atoms with E-state index in [1.807, 2.05) is 56.6 Å². The van der Waals surface area contributed by atoms with Crippen molar-refractivity contribution in [1.82, 2.24) is 14.7 Å². The first-order valence-electron chi connectivity index (χ1n) is 9.68. The van der Waals surface area contributed by atoms with Gasteiger partial charge in [-0.3, -0.25) is 9.59 Å². The molecule has 2 aromatic rings. The molecule has 28 heavy (non-hydrogen) atoms. The van der Waals surface area contributed by atoms with Crippen molar-refractivity contribution >= 4 is 17.6 Å². The van der Waals surface area contributed by atoms with E-state index in [-0.39, 0.29) is 29.3 Å². The van der Waals surface area contributed by atoms with Gasteiger partial charge in [-0.1, -0.05) is 39.0 Å². The van der Waals surface area contributed by atoms with Crippen molar-refractivity contribution in [3.8, 4) is 0 Å². The summed E-state index contributed by atoms with van der Waals surface area (Å²) in [7, 11) is 0. The SMILES string of the molecule is CCN(CC(=O)Nc1cc(C(C)(C)C)nn1C(C)(C)C)C(=O)c1ccccc1. The summed E-state index contributed by atoms with van der Waals surface area (Å²) in [6, 6.07) is 10.9. The molecule has 0 radical (unpaired) electrons. The normalized spacial score (nSPS) is 12.0. The summed E-state index contributed by atoms with van der Waals surface area (Å²) in [6.07, 6.45) is 0. The number of aromatic nitrogens is 2. The lowest BCUT2D eigenvalue weighted by molar-refractivity contribution is -0.116. The fraction of sp³-hybridized carbons (Fsp3) is 0.500. The van der Waals surface area contributed by atoms with Crippen LogP contribution in [0.1, 0.15) is 64.5 Å². The molecule has 0 saturated carbocycles. The summed E-state index contributed by atoms with van der Waals surface area (Å²) in [5.74, 6) is 0.251. The Morgan fingerprint density at radius 2 is 1.68 bits per heavy atom. The highest BCUT2D eigenvalue weighted by molar-refractivity contribution is 5.99. The maximum Gasteiger partial charge on any atom is 0.254 e. The Bertz CT molecular complexity index is 826. The maximum absolute atomic E-state index is 12.7. The van der Waals surface area contributed by atoms with E-state index in [1.165, 1.54) is 4.90 Å². The minimum absolute atomic E-state index is 0.00952. The van der Waals surface area contributed by atoms with Crippen molar-refractivity contribution < 1.29 is 9.59 Å². The molecule has 0 saturated heterocycles. The van der Waals surface area contributed by atoms with Crippen molar-refractivity contribution in [1.29, 1.82) is 0 Å². The molecule has 152 valence electrons. The van der Waals surface area contributed by atoms with Gasteiger partial charge in [-0.15, -0.1) is 0 Å². The maximum atomic E-state index is 12.7. The smallest absolute Gasteiger partial charge is 0.254 e. The van der Waals surface area contributed by atoms with Crippen molar-refractivity contribution in [2.45, 2.75) is 59.4 Å². The number of nitrogens with zero attached hydrogens (tertiary/aromatic N) is 3. The van der Waals surface area contributed by atoms with Crippen LogP contribution >= 0.6 is 0 Å². The summed E-state index contributed by atoms with van der Waals surface area (Å²) in [6.45, 7) is 14.7. The van der Waals surface area contributed by atoms with Crippen molar-refractivity contribution in [3.05, 3.63) is 47.7 Å². The van der Waals surface area contributed by atoms with E-state index in [2.05, 4.69) is 26.1 Å². The van der Waals surface area contributed by atoms with E-state index >= 15 is 0 Å². The van der Waals surface area contributed by atoms with Gasteiger partial charge in [-0.2, -0.15) is 5.10 Å². The largest absolute Gasteiger partial charge is 0.330 e. The molecule has 6 nitrogen and oxygen atoms in total. The van der Waals surface area contributed by atoms with Crippen LogP contribution in [0.3, 0.4) is 0 Å². The lowest BCUT2D eigenvalue weighted by Gasteiger charge is -2.24. The first-order chi connectivity index (χ1) is 12.9. The van der Waals surface area contributed by atoms with Gasteiger partial charge < -0.3 is 10.2 Å². The second kappa shape index (κ2) is 8.17. The first kappa shape index (κ1) is 21.7. The van der Waals surface area contributed by atoms with Crippen LogP contribution in [0.15, 0.2) is 36.4 Å². The number of benzene rings is 1. The number of nitrogens with one attached hydrogen (secondary N) is 1. The second-order valence-corrected chi connectivity index (χ2v) is 8.98. The third-order valence-corrected chi connectivity index (χ3v) is 4.40. The lowest BCUT2D eigenvalue weighted by Crippen LogP contribution is -2.38. The van der Waals surface area contributed by atoms with Gasteiger partial charge in [0.05, 0.1) is 11.2 Å². The van der Waals surface area contributed by atoms with Crippen LogP contribution < -0.4 is 5.32 Å². The molecule has 1 heterocycles. The number of carbonyl (C=O) groups is 2. The van der Waals surface area contributed by atoms with Crippen molar-refractivity contribution in [2.75, 3.05) is 18.4 Å². The molecule has 0 bridgehead atoms. The second-order valence-electron chi connectivity index (χ2n) is 8.98. The highest BCUT2D eigenvalue weighted by atomic mass is 16.2. The number of amides is 2. The number of anilines is 1. The lowest BCUT2D eigenvalue weighted by atomic mass is 9.92. The average Bonchev–Trinajstić information content (AvgIpc) is 3.04. The zero-order chi connectivity index (χ0) is 21.1. The van der Waals surface area contributed by atoms with Crippen molar-refractivity contribution in [2.24, 2.45) is 0 Å². The topological polar surface area (TPSA) is 67.2 Å². The Balaban J connectivity index is 2.20. The third kappa shape index (κ3) is 5.21. The third-order valence-electron chi connectivity index (χ3n) is 4.40. The molecule has 2 rings (SSSR count). The van der Waals surface area contributed by atoms with E-state index in [9.17, 15) is 9.59 Å². The summed E-state index contributed by atoms with van der Waals surface area (Å²) in [5.41, 5.74) is 1.07. The molecule has 1 aromatic carbocycles. The number of rotatable bonds is 5. The molecule has 0 aliphatic rings. The summed E-state index contributed by atoms with van der Waals surface area (Å²) >= 11 is 0. The van der Waals surface area contributed by atoms with E-state index < -0.39 is 0 Å². The van der Waals surface area contributed by atoms with Gasteiger partial charge in [-0.05, 0) is 39.8 Å². The fourth-order valence-electron chi connectivity index (χ4n) is 2.79. The Labute approximate surface area is 167 Å². The molecular weight excluding hydrogens is 352 g/mol. The van der Waals surface area contributed by atoms with Crippen LogP contribution in [0.4, 0.5) is 5.82 Å². The summed E-state index contributed by atoms with van der Waals surface area (Å²) < 4.78 is 1.83. The quantitative estimate of drug-likeness (QED) is 0.846. The predicted octanol–water partition coefficient (Wildman–Crippen LogP) is 4.04. The standard InChI is InChI=1S/C22H32N4O2/c1-8-25(20(28)16-12-10-9-11-13-16)15-19(27)23-18-14-17(21(2,3)4)24-26(18)22(5,6)7/h9-14H,8,15H2,1-7H3,(H,23,27). The molecule has 1 N–H and O–H groups in total. The number of carbonyl (C=O) groups excluding carboxylic acids is 2. The number of hydrogen-bond donors (Lipinski definition) is 1. The van der Waals surface area contributed by atoms with E-state index in [0.29, 0.717) is 17.9 Å². The van der Waals surface area contributed by atoms with Crippen molar-refractivity contribution in [3.63, 3.8) is 0 Å². The Morgan fingerprint density at radius 1 is 1.07 bits per heavy atom. The van der Waals surface area contributed by atoms with Crippen LogP contribution in [0, 0.1) is 0 Å². The predicted molar refractivity (Wildman–Crippen MR) is 113 cm³/mol. The molecule has 1 aromatic heterocycles. The van der Waals surface area contributed by atoms with Crippen LogP contribution in [0.5, 0.6) is 0 Å². The highest BCUT2D eigenvalue weighted by Gasteiger charge is 2.26. The Hall–Kier alpha value is -2.63. The monoisotopic (exact) mass is 384 g/mol. The minimum atomic E-state index is -0.281. The Morgan fingerprint density at radius 3 is 2.18 bits per heavy atom. The van der Waals surface area contributed by atoms with Gasteiger partial charge >= 0.3 is 0 Å². The molecule has 0 spiro atoms. The molecule has 2 amide bonds. The molecule has 0 fully saturated rings. The summed E-state index contributed by atoms with van der Waals surface area (Å²) in [4.78, 5) is 26.9. The molecule has 0 atom stereocenters. The van der Waals surface area contributed by atoms with Crippen LogP contribution in [0.2, 0.25) is 0 Å². The molecule has 0 unspecified atom stereocenters. The highest BCUT2D eigenvalue weighted by Crippen LogP contribution is 2.28. The van der Waals surface area contributed by atoms with E-state index in [1.54, 1.807) is 12.1 Å². The van der Waals surface area contributed by atoms with Gasteiger partial charge in [0.25, 0.3) is 5.91 Å². The zero-order valence-corrected chi connectivity index (χ0v) is 18.0. The molecule has 0 aliphatic heterocycles. The van der Waals surface area contributed by atoms with Gasteiger partial charge in [0.15, 0.2) is 0 Å². The first-order valence-corrected chi connectivity index (χ1v) is 9.68. The zero-order valence-electron chi connectivity index (χ0n) is 18.0. The van der Waals surface area contributed by atoms with E-state index in [4.69, 9.17) is 5.10 Å². The average molecular weight is 385 g/mol. The van der Waals surface area contributed by atoms with Gasteiger partial charge in [-0.25, -0.2) is 4.68 Å². The Kier molecular flexibility index (Phi) is 6.32. The fourth-order valence-corrected chi connectivity index (χ4v) is 2.79. The van der Waals surface area contributed by atoms with Crippen LogP contribution in [-0.2, 0) is 15.7 Å². The molecule has 6 heteroatoms. The summed E-state index contributed by atoms with van der Waals surface area (Å²) in [5, 5.41) is 7.66. The number of hydrogen-bond acceptors (Lipinski definition) is 3.